The lowest BCUT2D eigenvalue weighted by Crippen LogP contribution is -2.13. The van der Waals surface area contributed by atoms with Gasteiger partial charge in [0, 0.05) is 5.56 Å². The molecule has 0 unspecified atom stereocenters. The number of benzene rings is 1. The molecule has 0 fully saturated rings. The van der Waals surface area contributed by atoms with Crippen molar-refractivity contribution in [3.63, 3.8) is 0 Å². The van der Waals surface area contributed by atoms with Crippen LogP contribution in [0, 0.1) is 27.6 Å². The summed E-state index contributed by atoms with van der Waals surface area (Å²) in [6, 6.07) is 1.02. The predicted octanol–water partition coefficient (Wildman–Crippen LogP) is 2.72. The fraction of sp³-hybridized carbons (Fsp3) is 0. The zero-order valence-electron chi connectivity index (χ0n) is 9.39. The van der Waals surface area contributed by atoms with E-state index in [9.17, 15) is 28.1 Å². The first-order valence-corrected chi connectivity index (χ1v) is 5.76. The van der Waals surface area contributed by atoms with Crippen LogP contribution in [0.2, 0.25) is 0 Å². The first-order valence-electron chi connectivity index (χ1n) is 4.94. The maximum atomic E-state index is 13.0. The molecule has 0 spiro atoms. The smallest absolute Gasteiger partial charge is 0.298 e. The van der Waals surface area contributed by atoms with Crippen molar-refractivity contribution in [3.8, 4) is 0 Å². The van der Waals surface area contributed by atoms with Crippen molar-refractivity contribution in [2.75, 3.05) is 5.32 Å². The van der Waals surface area contributed by atoms with E-state index in [0.717, 1.165) is 6.20 Å². The van der Waals surface area contributed by atoms with Crippen molar-refractivity contribution in [2.45, 2.75) is 0 Å². The van der Waals surface area contributed by atoms with Gasteiger partial charge in [-0.3, -0.25) is 20.2 Å². The van der Waals surface area contributed by atoms with Crippen LogP contribution in [0.15, 0.2) is 18.3 Å². The topological polar surface area (TPSA) is 85.1 Å². The number of hydrogen-bond donors (Lipinski definition) is 1. The minimum absolute atomic E-state index is 0.119. The number of nitrogens with zero attached hydrogens (tertiary/aromatic N) is 2. The van der Waals surface area contributed by atoms with Gasteiger partial charge in [0.15, 0.2) is 22.6 Å². The summed E-state index contributed by atoms with van der Waals surface area (Å²) >= 11 is 0.572. The second-order valence-electron chi connectivity index (χ2n) is 3.47. The molecule has 1 aromatic heterocycles. The van der Waals surface area contributed by atoms with Gasteiger partial charge in [0.2, 0.25) is 0 Å². The first-order chi connectivity index (χ1) is 9.38. The third-order valence-corrected chi connectivity index (χ3v) is 3.00. The number of rotatable bonds is 3. The van der Waals surface area contributed by atoms with Gasteiger partial charge in [-0.05, 0) is 23.5 Å². The van der Waals surface area contributed by atoms with Crippen molar-refractivity contribution in [3.05, 3.63) is 51.5 Å². The maximum absolute atomic E-state index is 13.0. The number of hydrogen-bond acceptors (Lipinski definition) is 5. The molecular weight excluding hydrogens is 299 g/mol. The molecule has 20 heavy (non-hydrogen) atoms. The fourth-order valence-electron chi connectivity index (χ4n) is 1.26. The number of carbonyl (C=O) groups excluding carboxylic acids is 1. The average Bonchev–Trinajstić information content (AvgIpc) is 2.84. The molecule has 0 aliphatic rings. The molecule has 1 N–H and O–H groups in total. The molecule has 1 amide bonds. The Balaban J connectivity index is 2.21. The molecule has 0 saturated heterocycles. The summed E-state index contributed by atoms with van der Waals surface area (Å²) in [7, 11) is 0. The molecule has 104 valence electrons. The van der Waals surface area contributed by atoms with Gasteiger partial charge in [0.05, 0.1) is 4.92 Å². The van der Waals surface area contributed by atoms with Gasteiger partial charge in [-0.25, -0.2) is 18.2 Å². The third kappa shape index (κ3) is 2.74. The van der Waals surface area contributed by atoms with E-state index in [2.05, 4.69) is 10.3 Å². The molecule has 10 heteroatoms. The van der Waals surface area contributed by atoms with Crippen LogP contribution in [-0.4, -0.2) is 15.8 Å². The SMILES string of the molecule is O=C(Nc1ncc([N+](=O)[O-])s1)c1cc(F)c(F)c(F)c1. The van der Waals surface area contributed by atoms with Crippen molar-refractivity contribution >= 4 is 27.4 Å². The van der Waals surface area contributed by atoms with Crippen LogP contribution in [-0.2, 0) is 0 Å². The third-order valence-electron chi connectivity index (χ3n) is 2.14. The Kier molecular flexibility index (Phi) is 3.66. The monoisotopic (exact) mass is 303 g/mol. The van der Waals surface area contributed by atoms with E-state index < -0.39 is 33.8 Å². The number of anilines is 1. The Bertz CT molecular complexity index is 681. The molecule has 0 aliphatic heterocycles. The van der Waals surface area contributed by atoms with Gasteiger partial charge in [-0.15, -0.1) is 0 Å². The van der Waals surface area contributed by atoms with E-state index in [1.54, 1.807) is 0 Å². The normalized spacial score (nSPS) is 10.3. The van der Waals surface area contributed by atoms with Crippen LogP contribution < -0.4 is 5.32 Å². The van der Waals surface area contributed by atoms with E-state index in [4.69, 9.17) is 0 Å². The standard InChI is InChI=1S/C10H4F3N3O3S/c11-5-1-4(2-6(12)8(5)13)9(17)15-10-14-3-7(20-10)16(18)19/h1-3H,(H,14,15,17). The Hall–Kier alpha value is -2.49. The van der Waals surface area contributed by atoms with Crippen LogP contribution >= 0.6 is 11.3 Å². The lowest BCUT2D eigenvalue weighted by atomic mass is 10.2. The van der Waals surface area contributed by atoms with Crippen molar-refractivity contribution in [1.82, 2.24) is 4.98 Å². The lowest BCUT2D eigenvalue weighted by molar-refractivity contribution is -0.380. The summed E-state index contributed by atoms with van der Waals surface area (Å²) in [5, 5.41) is 12.1. The molecule has 6 nitrogen and oxygen atoms in total. The number of carbonyl (C=O) groups is 1. The Labute approximate surface area is 113 Å². The van der Waals surface area contributed by atoms with Crippen LogP contribution in [0.4, 0.5) is 23.3 Å². The number of amides is 1. The zero-order valence-corrected chi connectivity index (χ0v) is 10.2. The minimum atomic E-state index is -1.69. The minimum Gasteiger partial charge on any atom is -0.298 e. The molecule has 2 aromatic rings. The molecule has 1 heterocycles. The maximum Gasteiger partial charge on any atom is 0.345 e. The average molecular weight is 303 g/mol. The van der Waals surface area contributed by atoms with E-state index in [1.165, 1.54) is 0 Å². The van der Waals surface area contributed by atoms with Gasteiger partial charge in [-0.1, -0.05) is 0 Å². The summed E-state index contributed by atoms with van der Waals surface area (Å²) in [5.41, 5.74) is -0.473. The second-order valence-corrected chi connectivity index (χ2v) is 4.48. The molecule has 2 rings (SSSR count). The van der Waals surface area contributed by atoms with Crippen LogP contribution in [0.25, 0.3) is 0 Å². The lowest BCUT2D eigenvalue weighted by Gasteiger charge is -2.02. The highest BCUT2D eigenvalue weighted by atomic mass is 32.1. The van der Waals surface area contributed by atoms with E-state index >= 15 is 0 Å². The first kappa shape index (κ1) is 13.9. The van der Waals surface area contributed by atoms with Crippen molar-refractivity contribution in [1.29, 1.82) is 0 Å². The largest absolute Gasteiger partial charge is 0.345 e. The number of thiazole rings is 1. The van der Waals surface area contributed by atoms with E-state index in [0.29, 0.717) is 23.5 Å². The Morgan fingerprint density at radius 1 is 1.30 bits per heavy atom. The molecular formula is C10H4F3N3O3S. The zero-order chi connectivity index (χ0) is 14.9. The van der Waals surface area contributed by atoms with Crippen LogP contribution in [0.5, 0.6) is 0 Å². The highest BCUT2D eigenvalue weighted by Gasteiger charge is 2.17. The summed E-state index contributed by atoms with van der Waals surface area (Å²) in [6.45, 7) is 0. The summed E-state index contributed by atoms with van der Waals surface area (Å²) < 4.78 is 38.6. The number of nitrogens with one attached hydrogen (secondary N) is 1. The number of aromatic nitrogens is 1. The molecule has 0 radical (unpaired) electrons. The van der Waals surface area contributed by atoms with E-state index in [-0.39, 0.29) is 10.1 Å². The Morgan fingerprint density at radius 2 is 1.90 bits per heavy atom. The second kappa shape index (κ2) is 5.25. The molecule has 0 saturated carbocycles. The molecule has 0 atom stereocenters. The summed E-state index contributed by atoms with van der Waals surface area (Å²) in [5.74, 6) is -5.68. The molecule has 0 aliphatic carbocycles. The fourth-order valence-corrected chi connectivity index (χ4v) is 1.89. The van der Waals surface area contributed by atoms with Crippen molar-refractivity contribution in [2.24, 2.45) is 0 Å². The van der Waals surface area contributed by atoms with Gasteiger partial charge in [-0.2, -0.15) is 0 Å². The van der Waals surface area contributed by atoms with Crippen LogP contribution in [0.3, 0.4) is 0 Å². The highest BCUT2D eigenvalue weighted by molar-refractivity contribution is 7.18. The highest BCUT2D eigenvalue weighted by Crippen LogP contribution is 2.25. The number of halogens is 3. The van der Waals surface area contributed by atoms with E-state index in [1.807, 2.05) is 0 Å². The number of nitro groups is 1. The summed E-state index contributed by atoms with van der Waals surface area (Å²) in [6.07, 6.45) is 0.923. The Morgan fingerprint density at radius 3 is 2.40 bits per heavy atom. The summed E-state index contributed by atoms with van der Waals surface area (Å²) in [4.78, 5) is 24.9. The van der Waals surface area contributed by atoms with Crippen molar-refractivity contribution < 1.29 is 22.9 Å². The van der Waals surface area contributed by atoms with Gasteiger partial charge >= 0.3 is 5.00 Å². The van der Waals surface area contributed by atoms with Gasteiger partial charge < -0.3 is 0 Å². The van der Waals surface area contributed by atoms with Crippen LogP contribution in [0.1, 0.15) is 10.4 Å². The van der Waals surface area contributed by atoms with Gasteiger partial charge in [0.25, 0.3) is 5.91 Å². The predicted molar refractivity (Wildman–Crippen MR) is 63.0 cm³/mol. The molecule has 0 bridgehead atoms. The molecule has 1 aromatic carbocycles. The quantitative estimate of drug-likeness (QED) is 0.536. The van der Waals surface area contributed by atoms with Gasteiger partial charge in [0.1, 0.15) is 6.20 Å².